The molecule has 152 valence electrons. The van der Waals surface area contributed by atoms with Gasteiger partial charge in [0.2, 0.25) is 0 Å². The molecule has 3 aromatic rings. The zero-order chi connectivity index (χ0) is 20.5. The molecule has 0 atom stereocenters. The molecule has 0 aliphatic carbocycles. The second-order valence-corrected chi connectivity index (χ2v) is 8.17. The van der Waals surface area contributed by atoms with Gasteiger partial charge in [-0.05, 0) is 61.1 Å². The number of fused-ring (bicyclic) bond motifs is 1. The standard InChI is InChI=1S/C24H27NO4/c1-15-10-12-25(13-11-15)14-20-21(26)9-8-19-16(2)22(24(27)29-23(19)20)17-4-6-18(28-3)7-5-17/h4-9,15,26H,10-14H2,1-3H3/p+1. The summed E-state index contributed by atoms with van der Waals surface area (Å²) in [6.45, 7) is 7.04. The van der Waals surface area contributed by atoms with Gasteiger partial charge < -0.3 is 19.2 Å². The van der Waals surface area contributed by atoms with Crippen molar-refractivity contribution in [3.05, 3.63) is 57.9 Å². The Morgan fingerprint density at radius 2 is 1.83 bits per heavy atom. The molecule has 1 aliphatic rings. The number of phenolic OH excluding ortho intramolecular Hbond substituents is 1. The van der Waals surface area contributed by atoms with E-state index in [1.807, 2.05) is 37.3 Å². The summed E-state index contributed by atoms with van der Waals surface area (Å²) in [5.41, 5.74) is 3.07. The van der Waals surface area contributed by atoms with Crippen LogP contribution < -0.4 is 15.3 Å². The Morgan fingerprint density at radius 1 is 1.14 bits per heavy atom. The van der Waals surface area contributed by atoms with Crippen molar-refractivity contribution in [1.29, 1.82) is 0 Å². The van der Waals surface area contributed by atoms with Gasteiger partial charge >= 0.3 is 5.63 Å². The Balaban J connectivity index is 1.79. The Morgan fingerprint density at radius 3 is 2.48 bits per heavy atom. The van der Waals surface area contributed by atoms with Crippen molar-refractivity contribution in [3.8, 4) is 22.6 Å². The van der Waals surface area contributed by atoms with Crippen LogP contribution in [0.25, 0.3) is 22.1 Å². The summed E-state index contributed by atoms with van der Waals surface area (Å²) in [7, 11) is 1.61. The number of aryl methyl sites for hydroxylation is 1. The monoisotopic (exact) mass is 394 g/mol. The van der Waals surface area contributed by atoms with E-state index in [4.69, 9.17) is 9.15 Å². The van der Waals surface area contributed by atoms with Gasteiger partial charge in [0.1, 0.15) is 18.0 Å². The van der Waals surface area contributed by atoms with E-state index >= 15 is 0 Å². The van der Waals surface area contributed by atoms with Gasteiger partial charge in [0.05, 0.1) is 31.3 Å². The number of nitrogens with one attached hydrogen (secondary N) is 1. The van der Waals surface area contributed by atoms with Crippen molar-refractivity contribution < 1.29 is 19.2 Å². The lowest BCUT2D eigenvalue weighted by atomic mass is 9.96. The number of rotatable bonds is 4. The van der Waals surface area contributed by atoms with Crippen molar-refractivity contribution >= 4 is 11.0 Å². The maximum Gasteiger partial charge on any atom is 0.344 e. The average molecular weight is 394 g/mol. The van der Waals surface area contributed by atoms with Gasteiger partial charge in [0.15, 0.2) is 5.58 Å². The number of ether oxygens (including phenoxy) is 1. The van der Waals surface area contributed by atoms with Crippen molar-refractivity contribution in [2.45, 2.75) is 33.2 Å². The number of quaternary nitrogens is 1. The van der Waals surface area contributed by atoms with E-state index in [9.17, 15) is 9.90 Å². The van der Waals surface area contributed by atoms with Gasteiger partial charge in [-0.2, -0.15) is 0 Å². The molecule has 2 N–H and O–H groups in total. The van der Waals surface area contributed by atoms with Crippen LogP contribution in [-0.4, -0.2) is 25.3 Å². The summed E-state index contributed by atoms with van der Waals surface area (Å²) in [6, 6.07) is 11.0. The summed E-state index contributed by atoms with van der Waals surface area (Å²) in [5.74, 6) is 1.69. The molecule has 1 aromatic heterocycles. The minimum Gasteiger partial charge on any atom is -0.507 e. The molecule has 5 nitrogen and oxygen atoms in total. The molecule has 0 spiro atoms. The number of piperidine rings is 1. The van der Waals surface area contributed by atoms with E-state index in [0.29, 0.717) is 17.7 Å². The first kappa shape index (κ1) is 19.5. The number of phenols is 1. The summed E-state index contributed by atoms with van der Waals surface area (Å²) in [6.07, 6.45) is 2.37. The van der Waals surface area contributed by atoms with E-state index in [-0.39, 0.29) is 11.4 Å². The molecule has 0 saturated carbocycles. The summed E-state index contributed by atoms with van der Waals surface area (Å²) >= 11 is 0. The summed E-state index contributed by atoms with van der Waals surface area (Å²) in [5, 5.41) is 11.4. The van der Waals surface area contributed by atoms with Gasteiger partial charge in [0.25, 0.3) is 0 Å². The first-order chi connectivity index (χ1) is 14.0. The molecule has 0 amide bonds. The van der Waals surface area contributed by atoms with E-state index in [1.165, 1.54) is 17.7 Å². The predicted molar refractivity (Wildman–Crippen MR) is 114 cm³/mol. The fourth-order valence-corrected chi connectivity index (χ4v) is 4.32. The topological polar surface area (TPSA) is 64.1 Å². The molecular formula is C24H28NO4+. The Kier molecular flexibility index (Phi) is 5.33. The molecule has 1 fully saturated rings. The van der Waals surface area contributed by atoms with Crippen molar-refractivity contribution in [2.24, 2.45) is 5.92 Å². The third-order valence-corrected chi connectivity index (χ3v) is 6.20. The largest absolute Gasteiger partial charge is 0.507 e. The maximum absolute atomic E-state index is 12.9. The highest BCUT2D eigenvalue weighted by atomic mass is 16.5. The fraction of sp³-hybridized carbons (Fsp3) is 0.375. The van der Waals surface area contributed by atoms with Crippen LogP contribution in [0.2, 0.25) is 0 Å². The zero-order valence-electron chi connectivity index (χ0n) is 17.2. The number of likely N-dealkylation sites (tertiary alicyclic amines) is 1. The normalized spacial score (nSPS) is 19.4. The van der Waals surface area contributed by atoms with Gasteiger partial charge in [0, 0.05) is 5.39 Å². The quantitative estimate of drug-likeness (QED) is 0.667. The minimum atomic E-state index is -0.380. The molecule has 1 saturated heterocycles. The molecular weight excluding hydrogens is 366 g/mol. The number of aromatic hydroxyl groups is 1. The van der Waals surface area contributed by atoms with Crippen molar-refractivity contribution in [3.63, 3.8) is 0 Å². The summed E-state index contributed by atoms with van der Waals surface area (Å²) < 4.78 is 11.0. The molecule has 29 heavy (non-hydrogen) atoms. The number of methoxy groups -OCH3 is 1. The lowest BCUT2D eigenvalue weighted by molar-refractivity contribution is -0.919. The summed E-state index contributed by atoms with van der Waals surface area (Å²) in [4.78, 5) is 14.3. The Labute approximate surface area is 170 Å². The lowest BCUT2D eigenvalue weighted by Crippen LogP contribution is -3.11. The maximum atomic E-state index is 12.9. The molecule has 0 unspecified atom stereocenters. The van der Waals surface area contributed by atoms with Crippen LogP contribution in [0.4, 0.5) is 0 Å². The molecule has 2 heterocycles. The van der Waals surface area contributed by atoms with Crippen LogP contribution in [0, 0.1) is 12.8 Å². The lowest BCUT2D eigenvalue weighted by Gasteiger charge is -2.27. The molecule has 0 bridgehead atoms. The third-order valence-electron chi connectivity index (χ3n) is 6.20. The number of hydrogen-bond donors (Lipinski definition) is 2. The predicted octanol–water partition coefficient (Wildman–Crippen LogP) is 3.30. The van der Waals surface area contributed by atoms with E-state index in [1.54, 1.807) is 13.2 Å². The van der Waals surface area contributed by atoms with Gasteiger partial charge in [-0.1, -0.05) is 19.1 Å². The third kappa shape index (κ3) is 3.75. The highest BCUT2D eigenvalue weighted by Gasteiger charge is 2.24. The highest BCUT2D eigenvalue weighted by Crippen LogP contribution is 2.32. The Bertz CT molecular complexity index is 1080. The second kappa shape index (κ2) is 7.91. The fourth-order valence-electron chi connectivity index (χ4n) is 4.32. The zero-order valence-corrected chi connectivity index (χ0v) is 17.2. The van der Waals surface area contributed by atoms with Crippen LogP contribution in [0.3, 0.4) is 0 Å². The molecule has 1 aliphatic heterocycles. The Hall–Kier alpha value is -2.79. The smallest absolute Gasteiger partial charge is 0.344 e. The van der Waals surface area contributed by atoms with E-state index < -0.39 is 0 Å². The molecule has 5 heteroatoms. The minimum absolute atomic E-state index is 0.198. The van der Waals surface area contributed by atoms with Crippen molar-refractivity contribution in [1.82, 2.24) is 0 Å². The van der Waals surface area contributed by atoms with Crippen LogP contribution in [0.1, 0.15) is 30.9 Å². The van der Waals surface area contributed by atoms with Gasteiger partial charge in [-0.25, -0.2) is 4.79 Å². The highest BCUT2D eigenvalue weighted by molar-refractivity contribution is 5.89. The first-order valence-corrected chi connectivity index (χ1v) is 10.2. The average Bonchev–Trinajstić information content (AvgIpc) is 2.72. The SMILES string of the molecule is COc1ccc(-c2c(C)c3ccc(O)c(C[NH+]4CCC(C)CC4)c3oc2=O)cc1. The number of benzene rings is 2. The van der Waals surface area contributed by atoms with Gasteiger partial charge in [-0.3, -0.25) is 0 Å². The van der Waals surface area contributed by atoms with Gasteiger partial charge in [-0.15, -0.1) is 0 Å². The van der Waals surface area contributed by atoms with Crippen LogP contribution in [0.15, 0.2) is 45.6 Å². The van der Waals surface area contributed by atoms with Crippen LogP contribution in [0.5, 0.6) is 11.5 Å². The molecule has 2 aromatic carbocycles. The first-order valence-electron chi connectivity index (χ1n) is 10.2. The number of hydrogen-bond acceptors (Lipinski definition) is 4. The van der Waals surface area contributed by atoms with Crippen LogP contribution in [-0.2, 0) is 6.54 Å². The molecule has 4 rings (SSSR count). The molecule has 0 radical (unpaired) electrons. The second-order valence-electron chi connectivity index (χ2n) is 8.17. The van der Waals surface area contributed by atoms with Crippen LogP contribution >= 0.6 is 0 Å². The van der Waals surface area contributed by atoms with Crippen molar-refractivity contribution in [2.75, 3.05) is 20.2 Å². The van der Waals surface area contributed by atoms with E-state index in [0.717, 1.165) is 46.8 Å². The van der Waals surface area contributed by atoms with E-state index in [2.05, 4.69) is 6.92 Å².